The fourth-order valence-corrected chi connectivity index (χ4v) is 3.34. The van der Waals surface area contributed by atoms with Crippen LogP contribution in [0.4, 0.5) is 13.2 Å². The molecule has 0 radical (unpaired) electrons. The number of hydrogen-bond donors (Lipinski definition) is 1. The highest BCUT2D eigenvalue weighted by atomic mass is 32.2. The second-order valence-corrected chi connectivity index (χ2v) is 7.52. The Balaban J connectivity index is 2.02. The Morgan fingerprint density at radius 3 is 2.63 bits per heavy atom. The third-order valence-corrected chi connectivity index (χ3v) is 5.19. The molecular weight excluding hydrogens is 381 g/mol. The number of nitrogens with one attached hydrogen (secondary N) is 1. The second kappa shape index (κ2) is 6.68. The normalized spacial score (nSPS) is 12.3. The number of alkyl halides is 3. The molecule has 3 rings (SSSR count). The lowest BCUT2D eigenvalue weighted by Gasteiger charge is -2.10. The molecule has 0 aliphatic carbocycles. The molecule has 0 bridgehead atoms. The summed E-state index contributed by atoms with van der Waals surface area (Å²) < 4.78 is 62.9. The molecule has 0 saturated carbocycles. The summed E-state index contributed by atoms with van der Waals surface area (Å²) in [5, 5.41) is 10.3. The summed E-state index contributed by atoms with van der Waals surface area (Å²) >= 11 is 0. The van der Waals surface area contributed by atoms with E-state index in [2.05, 4.69) is 11.1 Å². The van der Waals surface area contributed by atoms with Gasteiger partial charge in [-0.3, -0.25) is 4.98 Å². The average molecular weight is 394 g/mol. The summed E-state index contributed by atoms with van der Waals surface area (Å²) in [6.45, 7) is -0.575. The van der Waals surface area contributed by atoms with Crippen molar-refractivity contribution in [2.45, 2.75) is 12.1 Å². The first-order valence-corrected chi connectivity index (χ1v) is 9.12. The van der Waals surface area contributed by atoms with E-state index < -0.39 is 22.1 Å². The number of halogens is 3. The van der Waals surface area contributed by atoms with Gasteiger partial charge in [-0.1, -0.05) is 18.2 Å². The molecule has 0 saturated heterocycles. The lowest BCUT2D eigenvalue weighted by molar-refractivity contribution is -0.0448. The fourth-order valence-electron chi connectivity index (χ4n) is 2.82. The molecule has 2 heterocycles. The molecule has 10 heteroatoms. The van der Waals surface area contributed by atoms with Crippen molar-refractivity contribution in [2.75, 3.05) is 0 Å². The second-order valence-electron chi connectivity index (χ2n) is 5.76. The molecule has 0 fully saturated rings. The van der Waals surface area contributed by atoms with Crippen molar-refractivity contribution >= 4 is 20.9 Å². The van der Waals surface area contributed by atoms with Crippen molar-refractivity contribution in [3.63, 3.8) is 0 Å². The van der Waals surface area contributed by atoms with Crippen LogP contribution in [-0.2, 0) is 23.6 Å². The molecule has 1 aromatic carbocycles. The molecule has 0 amide bonds. The largest absolute Gasteiger partial charge is 0.511 e. The van der Waals surface area contributed by atoms with Gasteiger partial charge in [-0.15, -0.1) is 0 Å². The number of nitriles is 1. The van der Waals surface area contributed by atoms with E-state index in [0.29, 0.717) is 16.8 Å². The number of fused-ring (bicyclic) bond motifs is 1. The van der Waals surface area contributed by atoms with Crippen LogP contribution in [0.25, 0.3) is 22.2 Å². The van der Waals surface area contributed by atoms with Crippen molar-refractivity contribution in [1.29, 1.82) is 5.26 Å². The van der Waals surface area contributed by atoms with Gasteiger partial charge >= 0.3 is 15.5 Å². The Hall–Kier alpha value is -2.90. The molecule has 0 aliphatic heterocycles. The van der Waals surface area contributed by atoms with Crippen LogP contribution in [0.1, 0.15) is 11.1 Å². The van der Waals surface area contributed by atoms with Gasteiger partial charge in [-0.2, -0.15) is 18.4 Å². The van der Waals surface area contributed by atoms with Crippen molar-refractivity contribution in [1.82, 2.24) is 14.3 Å². The Bertz CT molecular complexity index is 1160. The highest BCUT2D eigenvalue weighted by Gasteiger charge is 2.45. The number of aromatic nitrogens is 2. The monoisotopic (exact) mass is 394 g/mol. The number of pyridine rings is 1. The average Bonchev–Trinajstić information content (AvgIpc) is 2.92. The lowest BCUT2D eigenvalue weighted by Crippen LogP contribution is -2.36. The van der Waals surface area contributed by atoms with E-state index in [1.165, 1.54) is 23.2 Å². The zero-order valence-corrected chi connectivity index (χ0v) is 14.8. The highest BCUT2D eigenvalue weighted by molar-refractivity contribution is 7.90. The maximum atomic E-state index is 12.4. The van der Waals surface area contributed by atoms with Gasteiger partial charge in [0.2, 0.25) is 0 Å². The van der Waals surface area contributed by atoms with Crippen LogP contribution in [0, 0.1) is 11.3 Å². The van der Waals surface area contributed by atoms with Crippen molar-refractivity contribution < 1.29 is 21.6 Å². The van der Waals surface area contributed by atoms with Crippen LogP contribution in [0.5, 0.6) is 0 Å². The van der Waals surface area contributed by atoms with Gasteiger partial charge in [0.1, 0.15) is 6.07 Å². The van der Waals surface area contributed by atoms with E-state index in [0.717, 1.165) is 10.9 Å². The van der Waals surface area contributed by atoms with Crippen LogP contribution >= 0.6 is 0 Å². The smallest absolute Gasteiger partial charge is 0.342 e. The Labute approximate surface area is 152 Å². The zero-order chi connectivity index (χ0) is 19.8. The van der Waals surface area contributed by atoms with E-state index in [-0.39, 0.29) is 5.56 Å². The SMILES string of the molecule is Cn1c(-c2cncc(CNS(=O)(=O)C(F)(F)F)c2)c(C#N)c2ccccc21. The number of aryl methyl sites for hydroxylation is 1. The number of rotatable bonds is 4. The third kappa shape index (κ3) is 3.39. The maximum absolute atomic E-state index is 12.4. The predicted octanol–water partition coefficient (Wildman–Crippen LogP) is 3.05. The van der Waals surface area contributed by atoms with Crippen LogP contribution < -0.4 is 4.72 Å². The number of benzene rings is 1. The first-order valence-electron chi connectivity index (χ1n) is 7.63. The van der Waals surface area contributed by atoms with E-state index in [9.17, 15) is 26.9 Å². The van der Waals surface area contributed by atoms with Crippen molar-refractivity contribution in [2.24, 2.45) is 7.05 Å². The highest BCUT2D eigenvalue weighted by Crippen LogP contribution is 2.32. The number of para-hydroxylation sites is 1. The first-order chi connectivity index (χ1) is 12.7. The van der Waals surface area contributed by atoms with E-state index in [1.807, 2.05) is 12.1 Å². The van der Waals surface area contributed by atoms with Gasteiger partial charge in [0.15, 0.2) is 0 Å². The summed E-state index contributed by atoms with van der Waals surface area (Å²) in [5.41, 5.74) is -2.90. The minimum absolute atomic E-state index is 0.231. The molecule has 140 valence electrons. The van der Waals surface area contributed by atoms with Crippen LogP contribution in [0.15, 0.2) is 42.7 Å². The summed E-state index contributed by atoms with van der Waals surface area (Å²) in [7, 11) is -3.69. The van der Waals surface area contributed by atoms with Crippen LogP contribution in [0.2, 0.25) is 0 Å². The Morgan fingerprint density at radius 1 is 1.26 bits per heavy atom. The van der Waals surface area contributed by atoms with Gasteiger partial charge in [0.25, 0.3) is 0 Å². The standard InChI is InChI=1S/C17H13F3N4O2S/c1-24-15-5-3-2-4-13(15)14(7-21)16(24)12-6-11(8-22-10-12)9-23-27(25,26)17(18,19)20/h2-6,8,10,23H,9H2,1H3. The summed E-state index contributed by atoms with van der Waals surface area (Å²) in [5.74, 6) is 0. The number of sulfonamides is 1. The third-order valence-electron chi connectivity index (χ3n) is 4.06. The number of hydrogen-bond acceptors (Lipinski definition) is 4. The first kappa shape index (κ1) is 18.9. The van der Waals surface area contributed by atoms with Gasteiger partial charge in [-0.05, 0) is 17.7 Å². The fraction of sp³-hybridized carbons (Fsp3) is 0.176. The van der Waals surface area contributed by atoms with Crippen LogP contribution in [-0.4, -0.2) is 23.5 Å². The molecule has 0 aliphatic rings. The summed E-state index contributed by atoms with van der Waals surface area (Å²) in [6.07, 6.45) is 2.73. The Morgan fingerprint density at radius 2 is 1.96 bits per heavy atom. The number of nitrogens with zero attached hydrogens (tertiary/aromatic N) is 3. The van der Waals surface area contributed by atoms with E-state index in [4.69, 9.17) is 0 Å². The lowest BCUT2D eigenvalue weighted by atomic mass is 10.1. The van der Waals surface area contributed by atoms with E-state index in [1.54, 1.807) is 23.7 Å². The maximum Gasteiger partial charge on any atom is 0.511 e. The van der Waals surface area contributed by atoms with Gasteiger partial charge in [0.05, 0.1) is 11.3 Å². The molecule has 0 spiro atoms. The molecule has 27 heavy (non-hydrogen) atoms. The van der Waals surface area contributed by atoms with E-state index >= 15 is 0 Å². The summed E-state index contributed by atoms with van der Waals surface area (Å²) in [6, 6.07) is 10.9. The topological polar surface area (TPSA) is 87.8 Å². The predicted molar refractivity (Wildman–Crippen MR) is 92.7 cm³/mol. The summed E-state index contributed by atoms with van der Waals surface area (Å²) in [4.78, 5) is 3.97. The minimum atomic E-state index is -5.45. The molecular formula is C17H13F3N4O2S. The van der Waals surface area contributed by atoms with Crippen molar-refractivity contribution in [3.05, 3.63) is 53.9 Å². The molecule has 0 atom stereocenters. The van der Waals surface area contributed by atoms with Gasteiger partial charge < -0.3 is 4.57 Å². The molecule has 1 N–H and O–H groups in total. The molecule has 3 aromatic rings. The molecule has 6 nitrogen and oxygen atoms in total. The van der Waals surface area contributed by atoms with Crippen LogP contribution in [0.3, 0.4) is 0 Å². The zero-order valence-electron chi connectivity index (χ0n) is 13.9. The van der Waals surface area contributed by atoms with Crippen molar-refractivity contribution in [3.8, 4) is 17.3 Å². The Kier molecular flexibility index (Phi) is 4.67. The van der Waals surface area contributed by atoms with Gasteiger partial charge in [0, 0.05) is 42.5 Å². The molecule has 0 unspecified atom stereocenters. The quantitative estimate of drug-likeness (QED) is 0.737. The van der Waals surface area contributed by atoms with Gasteiger partial charge in [-0.25, -0.2) is 13.1 Å². The molecule has 2 aromatic heterocycles. The minimum Gasteiger partial charge on any atom is -0.342 e.